The molecule has 23 heavy (non-hydrogen) atoms. The van der Waals surface area contributed by atoms with Crippen molar-refractivity contribution in [1.29, 1.82) is 0 Å². The summed E-state index contributed by atoms with van der Waals surface area (Å²) in [6.07, 6.45) is 1.97. The third kappa shape index (κ3) is 3.90. The van der Waals surface area contributed by atoms with Crippen molar-refractivity contribution < 1.29 is 18.0 Å². The van der Waals surface area contributed by atoms with Gasteiger partial charge < -0.3 is 9.80 Å². The van der Waals surface area contributed by atoms with Crippen LogP contribution in [0.5, 0.6) is 0 Å². The molecule has 0 bridgehead atoms. The van der Waals surface area contributed by atoms with Crippen LogP contribution in [0, 0.1) is 0 Å². The minimum atomic E-state index is -3.24. The highest BCUT2D eigenvalue weighted by Gasteiger charge is 2.35. The molecule has 1 fully saturated rings. The molecule has 0 radical (unpaired) electrons. The summed E-state index contributed by atoms with van der Waals surface area (Å²) in [6, 6.07) is 5.90. The molecule has 7 heteroatoms. The van der Waals surface area contributed by atoms with E-state index in [1.54, 1.807) is 28.9 Å². The highest BCUT2D eigenvalue weighted by atomic mass is 32.2. The van der Waals surface area contributed by atoms with E-state index in [1.807, 2.05) is 6.92 Å². The maximum absolute atomic E-state index is 12.3. The summed E-state index contributed by atoms with van der Waals surface area (Å²) < 4.78 is 22.9. The van der Waals surface area contributed by atoms with Gasteiger partial charge in [-0.15, -0.1) is 0 Å². The zero-order valence-corrected chi connectivity index (χ0v) is 14.5. The molecule has 0 aliphatic carbocycles. The molecule has 1 atom stereocenters. The fourth-order valence-electron chi connectivity index (χ4n) is 2.67. The summed E-state index contributed by atoms with van der Waals surface area (Å²) in [4.78, 5) is 28.0. The van der Waals surface area contributed by atoms with E-state index in [9.17, 15) is 18.0 Å². The quantitative estimate of drug-likeness (QED) is 0.804. The molecule has 1 aromatic carbocycles. The van der Waals surface area contributed by atoms with Gasteiger partial charge in [0.15, 0.2) is 9.84 Å². The van der Waals surface area contributed by atoms with Crippen molar-refractivity contribution in [3.8, 4) is 0 Å². The summed E-state index contributed by atoms with van der Waals surface area (Å²) in [5.41, 5.74) is 0.800. The van der Waals surface area contributed by atoms with Crippen LogP contribution in [0.2, 0.25) is 0 Å². The molecular weight excluding hydrogens is 316 g/mol. The molecule has 1 aliphatic heterocycles. The van der Waals surface area contributed by atoms with Gasteiger partial charge in [0.1, 0.15) is 6.04 Å². The first-order chi connectivity index (χ1) is 10.7. The van der Waals surface area contributed by atoms with Crippen molar-refractivity contribution in [2.75, 3.05) is 19.3 Å². The first-order valence-electron chi connectivity index (χ1n) is 7.61. The molecule has 0 aromatic heterocycles. The average Bonchev–Trinajstić information content (AvgIpc) is 2.49. The van der Waals surface area contributed by atoms with E-state index in [4.69, 9.17) is 0 Å². The Hall–Kier alpha value is -1.89. The predicted octanol–water partition coefficient (Wildman–Crippen LogP) is 1.06. The lowest BCUT2D eigenvalue weighted by Gasteiger charge is -2.38. The number of sulfone groups is 1. The summed E-state index contributed by atoms with van der Waals surface area (Å²) in [5, 5.41) is 0. The van der Waals surface area contributed by atoms with E-state index >= 15 is 0 Å². The molecule has 1 saturated heterocycles. The molecule has 0 spiro atoms. The van der Waals surface area contributed by atoms with Crippen LogP contribution >= 0.6 is 0 Å². The molecule has 1 aromatic rings. The number of benzene rings is 1. The lowest BCUT2D eigenvalue weighted by atomic mass is 10.1. The van der Waals surface area contributed by atoms with E-state index < -0.39 is 15.9 Å². The Morgan fingerprint density at radius 2 is 1.78 bits per heavy atom. The van der Waals surface area contributed by atoms with Crippen LogP contribution in [0.15, 0.2) is 29.2 Å². The van der Waals surface area contributed by atoms with Gasteiger partial charge in [-0.1, -0.05) is 19.1 Å². The van der Waals surface area contributed by atoms with Crippen LogP contribution < -0.4 is 0 Å². The van der Waals surface area contributed by atoms with Crippen molar-refractivity contribution >= 4 is 21.7 Å². The van der Waals surface area contributed by atoms with Crippen LogP contribution in [0.3, 0.4) is 0 Å². The van der Waals surface area contributed by atoms with Crippen molar-refractivity contribution in [1.82, 2.24) is 9.80 Å². The Balaban J connectivity index is 2.13. The van der Waals surface area contributed by atoms with Gasteiger partial charge in [0.25, 0.3) is 0 Å². The number of nitrogens with zero attached hydrogens (tertiary/aromatic N) is 2. The number of amides is 2. The number of carbonyl (C=O) groups excluding carboxylic acids is 2. The van der Waals surface area contributed by atoms with Gasteiger partial charge in [-0.25, -0.2) is 8.42 Å². The first kappa shape index (κ1) is 17.5. The molecule has 0 saturated carbocycles. The Bertz CT molecular complexity index is 697. The van der Waals surface area contributed by atoms with Gasteiger partial charge in [0.05, 0.1) is 11.4 Å². The molecule has 126 valence electrons. The van der Waals surface area contributed by atoms with E-state index in [0.29, 0.717) is 13.1 Å². The van der Waals surface area contributed by atoms with Crippen LogP contribution in [0.4, 0.5) is 0 Å². The van der Waals surface area contributed by atoms with Crippen molar-refractivity contribution in [2.45, 2.75) is 37.8 Å². The van der Waals surface area contributed by atoms with Gasteiger partial charge in [-0.2, -0.15) is 0 Å². The van der Waals surface area contributed by atoms with E-state index in [0.717, 1.165) is 18.2 Å². The molecule has 1 heterocycles. The minimum Gasteiger partial charge on any atom is -0.332 e. The fraction of sp³-hybridized carbons (Fsp3) is 0.500. The molecule has 2 amide bonds. The van der Waals surface area contributed by atoms with E-state index in [1.165, 1.54) is 12.1 Å². The number of hydrogen-bond donors (Lipinski definition) is 0. The largest absolute Gasteiger partial charge is 0.332 e. The van der Waals surface area contributed by atoms with E-state index in [-0.39, 0.29) is 23.3 Å². The maximum atomic E-state index is 12.3. The maximum Gasteiger partial charge on any atom is 0.245 e. The lowest BCUT2D eigenvalue weighted by molar-refractivity contribution is -0.155. The summed E-state index contributed by atoms with van der Waals surface area (Å²) in [7, 11) is -3.24. The zero-order chi connectivity index (χ0) is 17.2. The molecular formula is C16H22N2O4S. The summed E-state index contributed by atoms with van der Waals surface area (Å²) in [6.45, 7) is 4.70. The monoisotopic (exact) mass is 338 g/mol. The smallest absolute Gasteiger partial charge is 0.245 e. The first-order valence-corrected chi connectivity index (χ1v) is 9.50. The zero-order valence-electron chi connectivity index (χ0n) is 13.7. The Morgan fingerprint density at radius 1 is 1.17 bits per heavy atom. The van der Waals surface area contributed by atoms with Crippen LogP contribution in [-0.2, 0) is 26.0 Å². The third-order valence-corrected chi connectivity index (χ3v) is 5.11. The molecule has 1 aliphatic rings. The second kappa shape index (κ2) is 6.70. The second-order valence-electron chi connectivity index (χ2n) is 5.87. The van der Waals surface area contributed by atoms with Gasteiger partial charge >= 0.3 is 0 Å². The number of piperazine rings is 1. The molecule has 0 unspecified atom stereocenters. The third-order valence-electron chi connectivity index (χ3n) is 3.98. The average molecular weight is 338 g/mol. The Labute approximate surface area is 137 Å². The molecule has 0 N–H and O–H groups in total. The predicted molar refractivity (Wildman–Crippen MR) is 86.4 cm³/mol. The summed E-state index contributed by atoms with van der Waals surface area (Å²) in [5.74, 6) is -0.128. The van der Waals surface area contributed by atoms with Gasteiger partial charge in [-0.3, -0.25) is 9.59 Å². The second-order valence-corrected chi connectivity index (χ2v) is 7.89. The molecule has 2 rings (SSSR count). The minimum absolute atomic E-state index is 0.0424. The number of carbonyl (C=O) groups is 2. The van der Waals surface area contributed by atoms with Gasteiger partial charge in [0.2, 0.25) is 11.8 Å². The number of hydrogen-bond acceptors (Lipinski definition) is 4. The van der Waals surface area contributed by atoms with Gasteiger partial charge in [-0.05, 0) is 31.0 Å². The normalized spacial score (nSPS) is 19.3. The van der Waals surface area contributed by atoms with Crippen LogP contribution in [-0.4, -0.2) is 55.4 Å². The standard InChI is InChI=1S/C16H22N2O4S/c1-4-9-17-11-15(19)18(12(2)16(17)20)10-13-5-7-14(8-6-13)23(3,21)22/h5-8,12H,4,9-11H2,1-3H3/t12-/m0/s1. The van der Waals surface area contributed by atoms with Gasteiger partial charge in [0, 0.05) is 19.3 Å². The number of rotatable bonds is 5. The summed E-state index contributed by atoms with van der Waals surface area (Å²) >= 11 is 0. The Morgan fingerprint density at radius 3 is 2.30 bits per heavy atom. The van der Waals surface area contributed by atoms with Crippen molar-refractivity contribution in [2.24, 2.45) is 0 Å². The van der Waals surface area contributed by atoms with Crippen molar-refractivity contribution in [3.05, 3.63) is 29.8 Å². The Kier molecular flexibility index (Phi) is 5.09. The van der Waals surface area contributed by atoms with Crippen molar-refractivity contribution in [3.63, 3.8) is 0 Å². The fourth-order valence-corrected chi connectivity index (χ4v) is 3.30. The highest BCUT2D eigenvalue weighted by Crippen LogP contribution is 2.18. The van der Waals surface area contributed by atoms with Crippen LogP contribution in [0.1, 0.15) is 25.8 Å². The van der Waals surface area contributed by atoms with E-state index in [2.05, 4.69) is 0 Å². The van der Waals surface area contributed by atoms with Crippen LogP contribution in [0.25, 0.3) is 0 Å². The lowest BCUT2D eigenvalue weighted by Crippen LogP contribution is -2.58. The SMILES string of the molecule is CCCN1CC(=O)N(Cc2ccc(S(C)(=O)=O)cc2)[C@@H](C)C1=O. The highest BCUT2D eigenvalue weighted by molar-refractivity contribution is 7.90. The topological polar surface area (TPSA) is 74.8 Å². The molecule has 6 nitrogen and oxygen atoms in total.